The first-order valence-electron chi connectivity index (χ1n) is 7.83. The van der Waals surface area contributed by atoms with Gasteiger partial charge in [0.2, 0.25) is 0 Å². The molecule has 1 unspecified atom stereocenters. The summed E-state index contributed by atoms with van der Waals surface area (Å²) in [5.74, 6) is 0.133. The van der Waals surface area contributed by atoms with Crippen LogP contribution in [-0.2, 0) is 9.62 Å². The van der Waals surface area contributed by atoms with Crippen LogP contribution in [0.15, 0.2) is 0 Å². The highest BCUT2D eigenvalue weighted by molar-refractivity contribution is 5.05. The van der Waals surface area contributed by atoms with Gasteiger partial charge in [0.15, 0.2) is 18.2 Å². The highest BCUT2D eigenvalue weighted by Gasteiger charge is 2.62. The van der Waals surface area contributed by atoms with E-state index >= 15 is 0 Å². The number of unbranched alkanes of at least 4 members (excludes halogenated alkanes) is 1. The van der Waals surface area contributed by atoms with Crippen LogP contribution in [0.1, 0.15) is 52.9 Å². The first-order valence-corrected chi connectivity index (χ1v) is 7.83. The fourth-order valence-electron chi connectivity index (χ4n) is 4.30. The third-order valence-electron chi connectivity index (χ3n) is 5.54. The number of hydrogen-bond donors (Lipinski definition) is 3. The van der Waals surface area contributed by atoms with Crippen LogP contribution in [0.25, 0.3) is 0 Å². The van der Waals surface area contributed by atoms with Gasteiger partial charge in [-0.1, -0.05) is 33.6 Å². The van der Waals surface area contributed by atoms with Gasteiger partial charge in [0.05, 0.1) is 0 Å². The summed E-state index contributed by atoms with van der Waals surface area (Å²) >= 11 is 0. The molecule has 1 saturated carbocycles. The van der Waals surface area contributed by atoms with E-state index < -0.39 is 18.2 Å². The molecule has 5 heteroatoms. The summed E-state index contributed by atoms with van der Waals surface area (Å²) < 4.78 is 5.25. The highest BCUT2D eigenvalue weighted by atomic mass is 17.1. The van der Waals surface area contributed by atoms with Crippen molar-refractivity contribution in [2.24, 2.45) is 23.7 Å². The third-order valence-corrected chi connectivity index (χ3v) is 5.54. The molecule has 1 aliphatic carbocycles. The fraction of sp³-hybridized carbons (Fsp3) is 1.00. The molecule has 1 aliphatic heterocycles. The zero-order valence-corrected chi connectivity index (χ0v) is 12.7. The Morgan fingerprint density at radius 2 is 1.95 bits per heavy atom. The zero-order chi connectivity index (χ0) is 14.9. The van der Waals surface area contributed by atoms with Crippen LogP contribution in [0.5, 0.6) is 0 Å². The molecule has 0 bridgehead atoms. The Balaban J connectivity index is 2.34. The molecule has 5 nitrogen and oxygen atoms in total. The number of aliphatic hydroxyl groups excluding tert-OH is 2. The van der Waals surface area contributed by atoms with E-state index in [4.69, 9.17) is 9.62 Å². The summed E-state index contributed by atoms with van der Waals surface area (Å²) in [5.41, 5.74) is -1.11. The van der Waals surface area contributed by atoms with E-state index in [1.54, 1.807) is 0 Å². The van der Waals surface area contributed by atoms with Gasteiger partial charge in [0.1, 0.15) is 0 Å². The lowest BCUT2D eigenvalue weighted by Gasteiger charge is -2.57. The Kier molecular flexibility index (Phi) is 5.08. The molecule has 20 heavy (non-hydrogen) atoms. The Labute approximate surface area is 120 Å². The molecule has 0 radical (unpaired) electrons. The minimum atomic E-state index is -1.28. The molecule has 0 spiro atoms. The van der Waals surface area contributed by atoms with E-state index in [2.05, 4.69) is 13.8 Å². The van der Waals surface area contributed by atoms with Crippen molar-refractivity contribution in [1.29, 1.82) is 0 Å². The monoisotopic (exact) mass is 288 g/mol. The van der Waals surface area contributed by atoms with Crippen LogP contribution in [0.2, 0.25) is 0 Å². The molecule has 2 aliphatic rings. The minimum Gasteiger partial charge on any atom is -0.368 e. The summed E-state index contributed by atoms with van der Waals surface area (Å²) in [6.07, 6.45) is 2.53. The predicted octanol–water partition coefficient (Wildman–Crippen LogP) is 2.37. The highest BCUT2D eigenvalue weighted by Crippen LogP contribution is 2.53. The second kappa shape index (κ2) is 6.28. The number of aliphatic hydroxyl groups is 2. The van der Waals surface area contributed by atoms with Crippen molar-refractivity contribution >= 4 is 0 Å². The Hall–Kier alpha value is -0.200. The van der Waals surface area contributed by atoms with Gasteiger partial charge in [-0.3, -0.25) is 5.26 Å². The number of hydrogen-bond acceptors (Lipinski definition) is 5. The van der Waals surface area contributed by atoms with Gasteiger partial charge in [-0.05, 0) is 31.1 Å². The van der Waals surface area contributed by atoms with Crippen molar-refractivity contribution in [2.75, 3.05) is 0 Å². The van der Waals surface area contributed by atoms with E-state index in [9.17, 15) is 15.5 Å². The maximum Gasteiger partial charge on any atom is 0.190 e. The lowest BCUT2D eigenvalue weighted by molar-refractivity contribution is -0.453. The molecule has 0 amide bonds. The van der Waals surface area contributed by atoms with Crippen LogP contribution in [0, 0.1) is 23.7 Å². The number of rotatable bonds is 4. The largest absolute Gasteiger partial charge is 0.368 e. The van der Waals surface area contributed by atoms with Gasteiger partial charge in [0, 0.05) is 11.8 Å². The predicted molar refractivity (Wildman–Crippen MR) is 73.6 cm³/mol. The molecule has 2 fully saturated rings. The van der Waals surface area contributed by atoms with Crippen LogP contribution in [0.3, 0.4) is 0 Å². The maximum atomic E-state index is 10.4. The first kappa shape index (κ1) is 16.2. The fourth-order valence-corrected chi connectivity index (χ4v) is 4.30. The lowest BCUT2D eigenvalue weighted by Crippen LogP contribution is -2.67. The minimum absolute atomic E-state index is 0.0381. The van der Waals surface area contributed by atoms with E-state index in [0.717, 1.165) is 32.1 Å². The summed E-state index contributed by atoms with van der Waals surface area (Å²) in [5, 5.41) is 29.9. The van der Waals surface area contributed by atoms with Crippen molar-refractivity contribution in [2.45, 2.75) is 71.1 Å². The average Bonchev–Trinajstić information content (AvgIpc) is 2.43. The van der Waals surface area contributed by atoms with Gasteiger partial charge in [-0.2, -0.15) is 0 Å². The Morgan fingerprint density at radius 1 is 1.25 bits per heavy atom. The summed E-state index contributed by atoms with van der Waals surface area (Å²) in [7, 11) is 0. The molecule has 3 N–H and O–H groups in total. The number of fused-ring (bicyclic) bond motifs is 1. The molecule has 118 valence electrons. The van der Waals surface area contributed by atoms with E-state index in [1.807, 2.05) is 6.92 Å². The summed E-state index contributed by atoms with van der Waals surface area (Å²) in [4.78, 5) is 4.91. The number of ether oxygens (including phenoxy) is 1. The van der Waals surface area contributed by atoms with Crippen LogP contribution < -0.4 is 0 Å². The summed E-state index contributed by atoms with van der Waals surface area (Å²) in [6, 6.07) is 0. The van der Waals surface area contributed by atoms with Crippen LogP contribution in [0.4, 0.5) is 0 Å². The molecule has 7 atom stereocenters. The molecule has 0 aromatic rings. The lowest BCUT2D eigenvalue weighted by atomic mass is 9.58. The molecule has 2 rings (SSSR count). The van der Waals surface area contributed by atoms with Gasteiger partial charge < -0.3 is 14.9 Å². The average molecular weight is 288 g/mol. The van der Waals surface area contributed by atoms with Crippen molar-refractivity contribution in [3.05, 3.63) is 0 Å². The van der Waals surface area contributed by atoms with Crippen molar-refractivity contribution in [3.8, 4) is 0 Å². The van der Waals surface area contributed by atoms with Crippen LogP contribution >= 0.6 is 0 Å². The van der Waals surface area contributed by atoms with Gasteiger partial charge >= 0.3 is 0 Å². The molecule has 0 aromatic heterocycles. The molecular weight excluding hydrogens is 260 g/mol. The standard InChI is InChI=1S/C15H28O5/c1-4-5-6-11-9(2)7-8-12-10(3)13(16)19-14(17)15(11,12)20-18/h9-14,16-18H,4-8H2,1-3H3/t9-,10-,11+,12?,13+,14+,15-/m1/s1. The van der Waals surface area contributed by atoms with Crippen molar-refractivity contribution < 1.29 is 25.1 Å². The molecular formula is C15H28O5. The van der Waals surface area contributed by atoms with Gasteiger partial charge in [0.25, 0.3) is 0 Å². The first-order chi connectivity index (χ1) is 9.48. The van der Waals surface area contributed by atoms with Gasteiger partial charge in [-0.15, -0.1) is 0 Å². The molecule has 0 aromatic carbocycles. The van der Waals surface area contributed by atoms with Gasteiger partial charge in [-0.25, -0.2) is 4.89 Å². The van der Waals surface area contributed by atoms with Crippen molar-refractivity contribution in [3.63, 3.8) is 0 Å². The second-order valence-electron chi connectivity index (χ2n) is 6.59. The topological polar surface area (TPSA) is 79.2 Å². The molecule has 1 heterocycles. The van der Waals surface area contributed by atoms with Crippen molar-refractivity contribution in [1.82, 2.24) is 0 Å². The van der Waals surface area contributed by atoms with E-state index in [1.165, 1.54) is 0 Å². The quantitative estimate of drug-likeness (QED) is 0.547. The zero-order valence-electron chi connectivity index (χ0n) is 12.7. The maximum absolute atomic E-state index is 10.4. The van der Waals surface area contributed by atoms with E-state index in [0.29, 0.717) is 5.92 Å². The second-order valence-corrected chi connectivity index (χ2v) is 6.59. The smallest absolute Gasteiger partial charge is 0.190 e. The normalized spacial score (nSPS) is 48.9. The summed E-state index contributed by atoms with van der Waals surface area (Å²) in [6.45, 7) is 6.15. The SMILES string of the molecule is CCCC[C@H]1[C@H](C)CCC2[C@@H](C)[C@@H](O)O[C@H](O)[C@]21OO. The van der Waals surface area contributed by atoms with Crippen LogP contribution in [-0.4, -0.2) is 33.7 Å². The van der Waals surface area contributed by atoms with E-state index in [-0.39, 0.29) is 17.8 Å². The molecule has 1 saturated heterocycles. The Morgan fingerprint density at radius 3 is 2.55 bits per heavy atom. The Bertz CT molecular complexity index is 323. The third kappa shape index (κ3) is 2.40.